The van der Waals surface area contributed by atoms with Crippen LogP contribution < -0.4 is 0 Å². The third kappa shape index (κ3) is 4.71. The van der Waals surface area contributed by atoms with Crippen LogP contribution in [0.3, 0.4) is 0 Å². The number of fused-ring (bicyclic) bond motifs is 1. The SMILES string of the molecule is O=C(/C=C/c1cccs1)N1CCc2sc(COCc3cccnc3)cc2C1. The fourth-order valence-electron chi connectivity index (χ4n) is 3.05. The van der Waals surface area contributed by atoms with Crippen LogP contribution in [0.2, 0.25) is 0 Å². The summed E-state index contributed by atoms with van der Waals surface area (Å²) in [5, 5.41) is 2.01. The Hall–Kier alpha value is -2.28. The molecule has 6 heteroatoms. The van der Waals surface area contributed by atoms with Crippen molar-refractivity contribution in [2.24, 2.45) is 0 Å². The third-order valence-electron chi connectivity index (χ3n) is 4.40. The first kappa shape index (κ1) is 18.1. The predicted molar refractivity (Wildman–Crippen MR) is 110 cm³/mol. The number of nitrogens with zero attached hydrogens (tertiary/aromatic N) is 2. The third-order valence-corrected chi connectivity index (χ3v) is 6.45. The number of ether oxygens (including phenoxy) is 1. The van der Waals surface area contributed by atoms with Gasteiger partial charge in [-0.25, -0.2) is 0 Å². The lowest BCUT2D eigenvalue weighted by molar-refractivity contribution is -0.126. The number of carbonyl (C=O) groups is 1. The Morgan fingerprint density at radius 1 is 1.30 bits per heavy atom. The van der Waals surface area contributed by atoms with E-state index in [2.05, 4.69) is 11.1 Å². The van der Waals surface area contributed by atoms with Crippen LogP contribution in [0.5, 0.6) is 0 Å². The van der Waals surface area contributed by atoms with Crippen LogP contribution >= 0.6 is 22.7 Å². The van der Waals surface area contributed by atoms with Crippen LogP contribution in [0, 0.1) is 0 Å². The van der Waals surface area contributed by atoms with Crippen molar-refractivity contribution < 1.29 is 9.53 Å². The Morgan fingerprint density at radius 2 is 2.26 bits per heavy atom. The van der Waals surface area contributed by atoms with Gasteiger partial charge in [0.25, 0.3) is 0 Å². The van der Waals surface area contributed by atoms with Crippen LogP contribution in [0.1, 0.15) is 25.8 Å². The van der Waals surface area contributed by atoms with E-state index in [1.54, 1.807) is 34.9 Å². The fourth-order valence-corrected chi connectivity index (χ4v) is 4.78. The molecule has 0 aromatic carbocycles. The number of aromatic nitrogens is 1. The largest absolute Gasteiger partial charge is 0.371 e. The van der Waals surface area contributed by atoms with Gasteiger partial charge >= 0.3 is 0 Å². The zero-order chi connectivity index (χ0) is 18.5. The molecular formula is C21H20N2O2S2. The van der Waals surface area contributed by atoms with E-state index in [4.69, 9.17) is 4.74 Å². The van der Waals surface area contributed by atoms with Gasteiger partial charge in [0, 0.05) is 46.2 Å². The topological polar surface area (TPSA) is 42.4 Å². The van der Waals surface area contributed by atoms with Gasteiger partial charge in [-0.15, -0.1) is 22.7 Å². The zero-order valence-electron chi connectivity index (χ0n) is 14.8. The number of rotatable bonds is 6. The molecule has 138 valence electrons. The monoisotopic (exact) mass is 396 g/mol. The van der Waals surface area contributed by atoms with Crippen LogP contribution in [0.15, 0.2) is 54.2 Å². The summed E-state index contributed by atoms with van der Waals surface area (Å²) in [5.74, 6) is 0.0784. The van der Waals surface area contributed by atoms with Gasteiger partial charge in [0.05, 0.1) is 13.2 Å². The van der Waals surface area contributed by atoms with Crippen molar-refractivity contribution in [3.8, 4) is 0 Å². The average Bonchev–Trinajstić information content (AvgIpc) is 3.35. The summed E-state index contributed by atoms with van der Waals surface area (Å²) in [6.45, 7) is 2.62. The van der Waals surface area contributed by atoms with Gasteiger partial charge in [-0.05, 0) is 47.2 Å². The Bertz CT molecular complexity index is 917. The van der Waals surface area contributed by atoms with Gasteiger partial charge in [0.1, 0.15) is 0 Å². The average molecular weight is 397 g/mol. The van der Waals surface area contributed by atoms with E-state index >= 15 is 0 Å². The summed E-state index contributed by atoms with van der Waals surface area (Å²) in [6, 6.07) is 10.1. The molecule has 3 aromatic heterocycles. The molecule has 0 radical (unpaired) electrons. The Morgan fingerprint density at radius 3 is 3.07 bits per heavy atom. The molecule has 4 rings (SSSR count). The number of amides is 1. The smallest absolute Gasteiger partial charge is 0.246 e. The minimum Gasteiger partial charge on any atom is -0.371 e. The molecule has 0 fully saturated rings. The fraction of sp³-hybridized carbons (Fsp3) is 0.238. The van der Waals surface area contributed by atoms with Crippen molar-refractivity contribution >= 4 is 34.7 Å². The lowest BCUT2D eigenvalue weighted by atomic mass is 10.1. The normalized spacial score (nSPS) is 13.9. The maximum atomic E-state index is 12.5. The molecule has 0 atom stereocenters. The molecular weight excluding hydrogens is 376 g/mol. The number of carbonyl (C=O) groups excluding carboxylic acids is 1. The second kappa shape index (κ2) is 8.61. The van der Waals surface area contributed by atoms with Crippen molar-refractivity contribution in [1.29, 1.82) is 0 Å². The van der Waals surface area contributed by atoms with E-state index in [-0.39, 0.29) is 5.91 Å². The lowest BCUT2D eigenvalue weighted by Crippen LogP contribution is -2.34. The summed E-state index contributed by atoms with van der Waals surface area (Å²) in [6.07, 6.45) is 8.09. The summed E-state index contributed by atoms with van der Waals surface area (Å²) in [4.78, 5) is 22.2. The lowest BCUT2D eigenvalue weighted by Gasteiger charge is -2.25. The van der Waals surface area contributed by atoms with E-state index in [1.165, 1.54) is 15.3 Å². The van der Waals surface area contributed by atoms with E-state index in [9.17, 15) is 4.79 Å². The molecule has 1 amide bonds. The summed E-state index contributed by atoms with van der Waals surface area (Å²) < 4.78 is 5.82. The van der Waals surface area contributed by atoms with Crippen molar-refractivity contribution in [1.82, 2.24) is 9.88 Å². The van der Waals surface area contributed by atoms with Crippen molar-refractivity contribution in [3.05, 3.63) is 79.9 Å². The quantitative estimate of drug-likeness (QED) is 0.575. The van der Waals surface area contributed by atoms with E-state index in [1.807, 2.05) is 46.8 Å². The highest BCUT2D eigenvalue weighted by Crippen LogP contribution is 2.29. The highest BCUT2D eigenvalue weighted by atomic mass is 32.1. The van der Waals surface area contributed by atoms with Gasteiger partial charge in [0.15, 0.2) is 0 Å². The molecule has 3 aromatic rings. The Kier molecular flexibility index (Phi) is 5.77. The summed E-state index contributed by atoms with van der Waals surface area (Å²) in [5.41, 5.74) is 2.33. The summed E-state index contributed by atoms with van der Waals surface area (Å²) in [7, 11) is 0. The zero-order valence-corrected chi connectivity index (χ0v) is 16.5. The Labute approximate surface area is 166 Å². The van der Waals surface area contributed by atoms with Gasteiger partial charge in [-0.3, -0.25) is 9.78 Å². The molecule has 1 aliphatic heterocycles. The Balaban J connectivity index is 1.32. The predicted octanol–water partition coefficient (Wildman–Crippen LogP) is 4.52. The molecule has 0 aliphatic carbocycles. The summed E-state index contributed by atoms with van der Waals surface area (Å²) >= 11 is 3.44. The molecule has 0 N–H and O–H groups in total. The molecule has 0 saturated heterocycles. The number of thiophene rings is 2. The van der Waals surface area contributed by atoms with Gasteiger partial charge in [-0.1, -0.05) is 12.1 Å². The minimum atomic E-state index is 0.0784. The maximum Gasteiger partial charge on any atom is 0.246 e. The van der Waals surface area contributed by atoms with E-state index in [0.29, 0.717) is 19.8 Å². The number of hydrogen-bond acceptors (Lipinski definition) is 5. The van der Waals surface area contributed by atoms with E-state index < -0.39 is 0 Å². The van der Waals surface area contributed by atoms with Crippen LogP contribution in [-0.2, 0) is 35.7 Å². The molecule has 4 nitrogen and oxygen atoms in total. The van der Waals surface area contributed by atoms with E-state index in [0.717, 1.165) is 23.4 Å². The molecule has 0 spiro atoms. The van der Waals surface area contributed by atoms with Gasteiger partial charge in [-0.2, -0.15) is 0 Å². The van der Waals surface area contributed by atoms with Crippen LogP contribution in [0.4, 0.5) is 0 Å². The number of pyridine rings is 1. The van der Waals surface area contributed by atoms with Gasteiger partial charge in [0.2, 0.25) is 5.91 Å². The van der Waals surface area contributed by atoms with Crippen LogP contribution in [0.25, 0.3) is 6.08 Å². The molecule has 0 unspecified atom stereocenters. The molecule has 4 heterocycles. The van der Waals surface area contributed by atoms with Crippen LogP contribution in [-0.4, -0.2) is 22.3 Å². The molecule has 0 saturated carbocycles. The highest BCUT2D eigenvalue weighted by Gasteiger charge is 2.21. The first-order valence-corrected chi connectivity index (χ1v) is 10.5. The first-order valence-electron chi connectivity index (χ1n) is 8.85. The minimum absolute atomic E-state index is 0.0784. The molecule has 1 aliphatic rings. The number of hydrogen-bond donors (Lipinski definition) is 0. The van der Waals surface area contributed by atoms with Crippen molar-refractivity contribution in [3.63, 3.8) is 0 Å². The molecule has 27 heavy (non-hydrogen) atoms. The highest BCUT2D eigenvalue weighted by molar-refractivity contribution is 7.12. The standard InChI is InChI=1S/C21H20N2O2S2/c24-21(6-5-18-4-2-10-26-18)23-9-7-20-17(13-23)11-19(27-20)15-25-14-16-3-1-8-22-12-16/h1-6,8,10-12H,7,9,13-15H2/b6-5+. The second-order valence-electron chi connectivity index (χ2n) is 6.37. The first-order chi connectivity index (χ1) is 13.3. The van der Waals surface area contributed by atoms with Crippen molar-refractivity contribution in [2.75, 3.05) is 6.54 Å². The maximum absolute atomic E-state index is 12.5. The van der Waals surface area contributed by atoms with Crippen molar-refractivity contribution in [2.45, 2.75) is 26.2 Å². The molecule has 0 bridgehead atoms. The second-order valence-corrected chi connectivity index (χ2v) is 8.57. The van der Waals surface area contributed by atoms with Gasteiger partial charge < -0.3 is 9.64 Å².